The van der Waals surface area contributed by atoms with Crippen molar-refractivity contribution in [3.63, 3.8) is 0 Å². The molecule has 2 rings (SSSR count). The number of carboxylic acids is 1. The van der Waals surface area contributed by atoms with Gasteiger partial charge in [-0.25, -0.2) is 0 Å². The Labute approximate surface area is 162 Å². The normalized spacial score (nSPS) is 19.0. The fourth-order valence-electron chi connectivity index (χ4n) is 3.54. The summed E-state index contributed by atoms with van der Waals surface area (Å²) in [6.07, 6.45) is 2.01. The molecular weight excluding hydrogens is 344 g/mol. The molecule has 1 aromatic carbocycles. The fraction of sp³-hybridized carbons (Fsp3) is 0.619. The Kier molecular flexibility index (Phi) is 7.66. The second-order valence-corrected chi connectivity index (χ2v) is 7.71. The Morgan fingerprint density at radius 3 is 2.67 bits per heavy atom. The summed E-state index contributed by atoms with van der Waals surface area (Å²) in [5.41, 5.74) is 1.19. The number of hydrogen-bond donors (Lipinski definition) is 1. The summed E-state index contributed by atoms with van der Waals surface area (Å²) in [6, 6.07) is 8.09. The Hall–Kier alpha value is -2.08. The Balaban J connectivity index is 1.93. The summed E-state index contributed by atoms with van der Waals surface area (Å²) < 4.78 is 5.91. The lowest BCUT2D eigenvalue weighted by Crippen LogP contribution is -2.42. The van der Waals surface area contributed by atoms with Gasteiger partial charge in [0.25, 0.3) is 5.91 Å². The molecule has 1 aliphatic heterocycles. The first-order chi connectivity index (χ1) is 12.8. The summed E-state index contributed by atoms with van der Waals surface area (Å²) in [7, 11) is 1.84. The zero-order chi connectivity index (χ0) is 20.0. The molecule has 2 unspecified atom stereocenters. The molecule has 1 aliphatic rings. The van der Waals surface area contributed by atoms with E-state index in [2.05, 4.69) is 19.9 Å². The van der Waals surface area contributed by atoms with Crippen molar-refractivity contribution in [1.82, 2.24) is 9.80 Å². The largest absolute Gasteiger partial charge is 0.481 e. The van der Waals surface area contributed by atoms with E-state index in [1.54, 1.807) is 6.92 Å². The van der Waals surface area contributed by atoms with Crippen LogP contribution in [0.1, 0.15) is 51.5 Å². The highest BCUT2D eigenvalue weighted by Gasteiger charge is 2.27. The number of likely N-dealkylation sites (N-methyl/N-ethyl adjacent to an activating group) is 1. The fourth-order valence-corrected chi connectivity index (χ4v) is 3.54. The van der Waals surface area contributed by atoms with Crippen LogP contribution in [0.4, 0.5) is 0 Å². The number of benzene rings is 1. The van der Waals surface area contributed by atoms with Crippen molar-refractivity contribution in [3.8, 4) is 5.75 Å². The van der Waals surface area contributed by atoms with Crippen molar-refractivity contribution < 1.29 is 19.4 Å². The van der Waals surface area contributed by atoms with Crippen LogP contribution in [-0.2, 0) is 9.59 Å². The molecular formula is C21H32N2O4. The van der Waals surface area contributed by atoms with Gasteiger partial charge >= 0.3 is 5.97 Å². The van der Waals surface area contributed by atoms with Crippen LogP contribution < -0.4 is 4.74 Å². The van der Waals surface area contributed by atoms with Crippen LogP contribution >= 0.6 is 0 Å². The lowest BCUT2D eigenvalue weighted by molar-refractivity contribution is -0.139. The van der Waals surface area contributed by atoms with E-state index in [1.165, 1.54) is 5.56 Å². The molecule has 0 spiro atoms. The van der Waals surface area contributed by atoms with Crippen molar-refractivity contribution in [3.05, 3.63) is 29.8 Å². The molecule has 2 atom stereocenters. The predicted octanol–water partition coefficient (Wildman–Crippen LogP) is 2.97. The van der Waals surface area contributed by atoms with Gasteiger partial charge < -0.3 is 14.7 Å². The summed E-state index contributed by atoms with van der Waals surface area (Å²) >= 11 is 0. The Morgan fingerprint density at radius 1 is 1.26 bits per heavy atom. The third-order valence-corrected chi connectivity index (χ3v) is 5.20. The molecule has 0 saturated carbocycles. The highest BCUT2D eigenvalue weighted by atomic mass is 16.5. The molecule has 1 saturated heterocycles. The number of amides is 1. The standard InChI is InChI=1S/C21H32N2O4/c1-15(2)17-7-5-9-19(13-17)27-16(3)21(26)23-11-6-8-18(10-12-23)22(4)14-20(24)25/h5,7,9,13,15-16,18H,6,8,10-12,14H2,1-4H3,(H,24,25). The van der Waals surface area contributed by atoms with Crippen molar-refractivity contribution >= 4 is 11.9 Å². The van der Waals surface area contributed by atoms with Gasteiger partial charge in [-0.15, -0.1) is 0 Å². The molecule has 0 bridgehead atoms. The molecule has 0 radical (unpaired) electrons. The van der Waals surface area contributed by atoms with Gasteiger partial charge in [0.1, 0.15) is 5.75 Å². The Morgan fingerprint density at radius 2 is 2.00 bits per heavy atom. The van der Waals surface area contributed by atoms with Gasteiger partial charge in [-0.2, -0.15) is 0 Å². The molecule has 6 nitrogen and oxygen atoms in total. The molecule has 27 heavy (non-hydrogen) atoms. The van der Waals surface area contributed by atoms with E-state index in [-0.39, 0.29) is 18.5 Å². The summed E-state index contributed by atoms with van der Waals surface area (Å²) in [4.78, 5) is 27.5. The first-order valence-electron chi connectivity index (χ1n) is 9.75. The van der Waals surface area contributed by atoms with Gasteiger partial charge in [0.05, 0.1) is 6.54 Å². The second kappa shape index (κ2) is 9.74. The van der Waals surface area contributed by atoms with Gasteiger partial charge in [0, 0.05) is 19.1 Å². The molecule has 1 heterocycles. The van der Waals surface area contributed by atoms with Gasteiger partial charge in [0.15, 0.2) is 6.10 Å². The quantitative estimate of drug-likeness (QED) is 0.792. The smallest absolute Gasteiger partial charge is 0.317 e. The van der Waals surface area contributed by atoms with Crippen molar-refractivity contribution in [2.24, 2.45) is 0 Å². The van der Waals surface area contributed by atoms with Crippen LogP contribution in [0.25, 0.3) is 0 Å². The summed E-state index contributed by atoms with van der Waals surface area (Å²) in [5, 5.41) is 8.97. The maximum atomic E-state index is 12.8. The van der Waals surface area contributed by atoms with Gasteiger partial charge in [0.2, 0.25) is 0 Å². The van der Waals surface area contributed by atoms with Gasteiger partial charge in [-0.1, -0.05) is 26.0 Å². The van der Waals surface area contributed by atoms with E-state index < -0.39 is 12.1 Å². The molecule has 6 heteroatoms. The maximum Gasteiger partial charge on any atom is 0.317 e. The number of nitrogens with zero attached hydrogens (tertiary/aromatic N) is 2. The zero-order valence-corrected chi connectivity index (χ0v) is 16.9. The number of ether oxygens (including phenoxy) is 1. The molecule has 1 fully saturated rings. The van der Waals surface area contributed by atoms with E-state index in [0.717, 1.165) is 25.0 Å². The summed E-state index contributed by atoms with van der Waals surface area (Å²) in [5.74, 6) is 0.299. The second-order valence-electron chi connectivity index (χ2n) is 7.71. The van der Waals surface area contributed by atoms with Crippen LogP contribution in [-0.4, -0.2) is 65.6 Å². The minimum Gasteiger partial charge on any atom is -0.481 e. The van der Waals surface area contributed by atoms with Gasteiger partial charge in [-0.05, 0) is 56.8 Å². The number of carboxylic acid groups (broad SMARTS) is 1. The van der Waals surface area contributed by atoms with Crippen molar-refractivity contribution in [2.75, 3.05) is 26.7 Å². The average Bonchev–Trinajstić information content (AvgIpc) is 2.87. The lowest BCUT2D eigenvalue weighted by Gasteiger charge is -2.27. The van der Waals surface area contributed by atoms with E-state index in [9.17, 15) is 9.59 Å². The number of likely N-dealkylation sites (tertiary alicyclic amines) is 1. The zero-order valence-electron chi connectivity index (χ0n) is 16.9. The van der Waals surface area contributed by atoms with Crippen LogP contribution in [0.15, 0.2) is 24.3 Å². The number of carbonyl (C=O) groups excluding carboxylic acids is 1. The summed E-state index contributed by atoms with van der Waals surface area (Å²) in [6.45, 7) is 7.40. The number of carbonyl (C=O) groups is 2. The first-order valence-corrected chi connectivity index (χ1v) is 9.75. The van der Waals surface area contributed by atoms with Crippen LogP contribution in [0.5, 0.6) is 5.75 Å². The van der Waals surface area contributed by atoms with Crippen LogP contribution in [0, 0.1) is 0 Å². The topological polar surface area (TPSA) is 70.1 Å². The molecule has 0 aliphatic carbocycles. The van der Waals surface area contributed by atoms with E-state index in [4.69, 9.17) is 9.84 Å². The SMILES string of the molecule is CC(Oc1cccc(C(C)C)c1)C(=O)N1CCCC(N(C)CC(=O)O)CC1. The molecule has 150 valence electrons. The first kappa shape index (κ1) is 21.2. The van der Waals surface area contributed by atoms with Crippen molar-refractivity contribution in [1.29, 1.82) is 0 Å². The third kappa shape index (κ3) is 6.24. The predicted molar refractivity (Wildman–Crippen MR) is 105 cm³/mol. The monoisotopic (exact) mass is 376 g/mol. The number of aliphatic carboxylic acids is 1. The highest BCUT2D eigenvalue weighted by molar-refractivity contribution is 5.81. The molecule has 1 aromatic rings. The van der Waals surface area contributed by atoms with Crippen molar-refractivity contribution in [2.45, 2.75) is 58.1 Å². The molecule has 1 amide bonds. The van der Waals surface area contributed by atoms with E-state index in [1.807, 2.05) is 35.0 Å². The maximum absolute atomic E-state index is 12.8. The molecule has 1 N–H and O–H groups in total. The number of hydrogen-bond acceptors (Lipinski definition) is 4. The minimum absolute atomic E-state index is 0.00788. The Bertz CT molecular complexity index is 647. The lowest BCUT2D eigenvalue weighted by atomic mass is 10.0. The van der Waals surface area contributed by atoms with E-state index in [0.29, 0.717) is 19.0 Å². The number of rotatable bonds is 7. The van der Waals surface area contributed by atoms with Crippen LogP contribution in [0.2, 0.25) is 0 Å². The minimum atomic E-state index is -0.819. The van der Waals surface area contributed by atoms with E-state index >= 15 is 0 Å². The highest BCUT2D eigenvalue weighted by Crippen LogP contribution is 2.22. The third-order valence-electron chi connectivity index (χ3n) is 5.20. The average molecular weight is 376 g/mol. The van der Waals surface area contributed by atoms with Crippen LogP contribution in [0.3, 0.4) is 0 Å². The van der Waals surface area contributed by atoms with Gasteiger partial charge in [-0.3, -0.25) is 14.5 Å². The molecule has 0 aromatic heterocycles.